The van der Waals surface area contributed by atoms with Crippen molar-refractivity contribution in [3.05, 3.63) is 22.7 Å². The summed E-state index contributed by atoms with van der Waals surface area (Å²) in [6, 6.07) is 3.06. The van der Waals surface area contributed by atoms with Crippen LogP contribution in [0.4, 0.5) is 0 Å². The van der Waals surface area contributed by atoms with Crippen molar-refractivity contribution in [1.29, 1.82) is 0 Å². The second-order valence-corrected chi connectivity index (χ2v) is 7.35. The molecule has 7 heteroatoms. The molecule has 1 aromatic carbocycles. The molecule has 1 aliphatic rings. The standard InChI is InChI=1S/C20H28ClNO5/c1-5-26-19-15(21)9-14(10-17(19)25-4)20(24)27-11-18(23)22-16-8-6-7-12(2)13(16)3/h9-10,12-13,16H,5-8,11H2,1-4H3,(H,22,23)/t12-,13-,16+/m0/s1. The van der Waals surface area contributed by atoms with E-state index in [4.69, 9.17) is 25.8 Å². The molecular weight excluding hydrogens is 370 g/mol. The Hall–Kier alpha value is -1.95. The van der Waals surface area contributed by atoms with Crippen LogP contribution < -0.4 is 14.8 Å². The highest BCUT2D eigenvalue weighted by Gasteiger charge is 2.28. The van der Waals surface area contributed by atoms with Crippen molar-refractivity contribution in [2.45, 2.75) is 46.1 Å². The van der Waals surface area contributed by atoms with Gasteiger partial charge in [-0.1, -0.05) is 38.3 Å². The number of benzene rings is 1. The lowest BCUT2D eigenvalue weighted by molar-refractivity contribution is -0.125. The molecule has 2 rings (SSSR count). The zero-order valence-corrected chi connectivity index (χ0v) is 17.1. The number of carbonyl (C=O) groups is 2. The second kappa shape index (κ2) is 9.83. The number of carbonyl (C=O) groups excluding carboxylic acids is 2. The first-order chi connectivity index (χ1) is 12.9. The highest BCUT2D eigenvalue weighted by atomic mass is 35.5. The lowest BCUT2D eigenvalue weighted by atomic mass is 9.78. The maximum absolute atomic E-state index is 12.3. The van der Waals surface area contributed by atoms with Crippen LogP contribution in [0.5, 0.6) is 11.5 Å². The van der Waals surface area contributed by atoms with E-state index in [1.165, 1.54) is 25.7 Å². The number of amides is 1. The molecule has 0 unspecified atom stereocenters. The molecule has 150 valence electrons. The van der Waals surface area contributed by atoms with Gasteiger partial charge in [-0.3, -0.25) is 4.79 Å². The fraction of sp³-hybridized carbons (Fsp3) is 0.600. The van der Waals surface area contributed by atoms with E-state index >= 15 is 0 Å². The van der Waals surface area contributed by atoms with Crippen molar-refractivity contribution in [3.63, 3.8) is 0 Å². The van der Waals surface area contributed by atoms with Gasteiger partial charge >= 0.3 is 5.97 Å². The molecule has 0 heterocycles. The van der Waals surface area contributed by atoms with Crippen molar-refractivity contribution in [2.24, 2.45) is 11.8 Å². The Balaban J connectivity index is 1.95. The van der Waals surface area contributed by atoms with Crippen LogP contribution in [-0.2, 0) is 9.53 Å². The fourth-order valence-corrected chi connectivity index (χ4v) is 3.64. The van der Waals surface area contributed by atoms with E-state index < -0.39 is 5.97 Å². The summed E-state index contributed by atoms with van der Waals surface area (Å²) in [5.74, 6) is 0.761. The van der Waals surface area contributed by atoms with E-state index in [1.54, 1.807) is 0 Å². The third-order valence-corrected chi connectivity index (χ3v) is 5.42. The minimum absolute atomic E-state index is 0.125. The maximum Gasteiger partial charge on any atom is 0.338 e. The first kappa shape index (κ1) is 21.4. The Kier molecular flexibility index (Phi) is 7.78. The monoisotopic (exact) mass is 397 g/mol. The summed E-state index contributed by atoms with van der Waals surface area (Å²) < 4.78 is 15.8. The molecule has 1 aromatic rings. The summed E-state index contributed by atoms with van der Waals surface area (Å²) in [6.07, 6.45) is 3.24. The predicted molar refractivity (Wildman–Crippen MR) is 104 cm³/mol. The number of esters is 1. The minimum Gasteiger partial charge on any atom is -0.493 e. The Bertz CT molecular complexity index is 679. The molecular formula is C20H28ClNO5. The zero-order valence-electron chi connectivity index (χ0n) is 16.3. The minimum atomic E-state index is -0.640. The normalized spacial score (nSPS) is 22.0. The second-order valence-electron chi connectivity index (χ2n) is 6.94. The topological polar surface area (TPSA) is 73.9 Å². The highest BCUT2D eigenvalue weighted by Crippen LogP contribution is 2.36. The van der Waals surface area contributed by atoms with Crippen LogP contribution in [0.1, 0.15) is 50.4 Å². The van der Waals surface area contributed by atoms with Gasteiger partial charge in [0.15, 0.2) is 18.1 Å². The molecule has 0 radical (unpaired) electrons. The van der Waals surface area contributed by atoms with Gasteiger partial charge in [-0.05, 0) is 37.3 Å². The molecule has 1 amide bonds. The van der Waals surface area contributed by atoms with Crippen molar-refractivity contribution >= 4 is 23.5 Å². The lowest BCUT2D eigenvalue weighted by Gasteiger charge is -2.34. The van der Waals surface area contributed by atoms with Crippen LogP contribution in [0.25, 0.3) is 0 Å². The van der Waals surface area contributed by atoms with Crippen LogP contribution >= 0.6 is 11.6 Å². The Morgan fingerprint density at radius 3 is 2.67 bits per heavy atom. The first-order valence-corrected chi connectivity index (χ1v) is 9.72. The molecule has 1 aliphatic carbocycles. The van der Waals surface area contributed by atoms with Gasteiger partial charge in [-0.2, -0.15) is 0 Å². The van der Waals surface area contributed by atoms with Crippen LogP contribution in [-0.4, -0.2) is 38.2 Å². The summed E-state index contributed by atoms with van der Waals surface area (Å²) in [7, 11) is 1.46. The Labute approximate surface area is 165 Å². The molecule has 1 saturated carbocycles. The van der Waals surface area contributed by atoms with Crippen molar-refractivity contribution in [1.82, 2.24) is 5.32 Å². The van der Waals surface area contributed by atoms with Gasteiger partial charge in [0.2, 0.25) is 0 Å². The molecule has 0 bridgehead atoms. The molecule has 3 atom stereocenters. The van der Waals surface area contributed by atoms with Gasteiger partial charge in [0.05, 0.1) is 24.3 Å². The van der Waals surface area contributed by atoms with Crippen LogP contribution in [0.3, 0.4) is 0 Å². The number of rotatable bonds is 7. The summed E-state index contributed by atoms with van der Waals surface area (Å²) in [4.78, 5) is 24.5. The number of ether oxygens (including phenoxy) is 3. The average molecular weight is 398 g/mol. The van der Waals surface area contributed by atoms with E-state index in [9.17, 15) is 9.59 Å². The zero-order chi connectivity index (χ0) is 20.0. The third kappa shape index (κ3) is 5.51. The molecule has 6 nitrogen and oxygen atoms in total. The number of hydrogen-bond donors (Lipinski definition) is 1. The SMILES string of the molecule is CCOc1c(Cl)cc(C(=O)OCC(=O)N[C@@H]2CCC[C@H](C)[C@@H]2C)cc1OC. The number of methoxy groups -OCH3 is 1. The van der Waals surface area contributed by atoms with E-state index in [1.807, 2.05) is 6.92 Å². The first-order valence-electron chi connectivity index (χ1n) is 9.34. The van der Waals surface area contributed by atoms with E-state index in [0.717, 1.165) is 12.8 Å². The summed E-state index contributed by atoms with van der Waals surface area (Å²) in [6.45, 7) is 6.26. The van der Waals surface area contributed by atoms with E-state index in [2.05, 4.69) is 19.2 Å². The molecule has 1 fully saturated rings. The van der Waals surface area contributed by atoms with Crippen LogP contribution in [0, 0.1) is 11.8 Å². The third-order valence-electron chi connectivity index (χ3n) is 5.14. The number of nitrogens with one attached hydrogen (secondary N) is 1. The van der Waals surface area contributed by atoms with Gasteiger partial charge in [0, 0.05) is 6.04 Å². The molecule has 0 aromatic heterocycles. The van der Waals surface area contributed by atoms with Gasteiger partial charge in [-0.25, -0.2) is 4.79 Å². The highest BCUT2D eigenvalue weighted by molar-refractivity contribution is 6.32. The summed E-state index contributed by atoms with van der Waals surface area (Å²) in [5.41, 5.74) is 0.202. The lowest BCUT2D eigenvalue weighted by Crippen LogP contribution is -2.45. The summed E-state index contributed by atoms with van der Waals surface area (Å²) in [5, 5.41) is 3.23. The van der Waals surface area contributed by atoms with E-state index in [-0.39, 0.29) is 29.1 Å². The fourth-order valence-electron chi connectivity index (χ4n) is 3.37. The maximum atomic E-state index is 12.3. The molecule has 0 saturated heterocycles. The smallest absolute Gasteiger partial charge is 0.338 e. The average Bonchev–Trinajstić information content (AvgIpc) is 2.65. The Morgan fingerprint density at radius 1 is 1.26 bits per heavy atom. The van der Waals surface area contributed by atoms with Gasteiger partial charge in [0.1, 0.15) is 0 Å². The summed E-state index contributed by atoms with van der Waals surface area (Å²) >= 11 is 6.17. The van der Waals surface area contributed by atoms with E-state index in [0.29, 0.717) is 29.9 Å². The van der Waals surface area contributed by atoms with Crippen molar-refractivity contribution < 1.29 is 23.8 Å². The number of halogens is 1. The molecule has 1 N–H and O–H groups in total. The van der Waals surface area contributed by atoms with Crippen LogP contribution in [0.2, 0.25) is 5.02 Å². The molecule has 0 spiro atoms. The molecule has 27 heavy (non-hydrogen) atoms. The number of hydrogen-bond acceptors (Lipinski definition) is 5. The quantitative estimate of drug-likeness (QED) is 0.707. The van der Waals surface area contributed by atoms with Gasteiger partial charge < -0.3 is 19.5 Å². The van der Waals surface area contributed by atoms with Crippen LogP contribution in [0.15, 0.2) is 12.1 Å². The van der Waals surface area contributed by atoms with Crippen molar-refractivity contribution in [2.75, 3.05) is 20.3 Å². The largest absolute Gasteiger partial charge is 0.493 e. The predicted octanol–water partition coefficient (Wildman–Crippen LogP) is 3.85. The van der Waals surface area contributed by atoms with Gasteiger partial charge in [-0.15, -0.1) is 0 Å². The Morgan fingerprint density at radius 2 is 2.00 bits per heavy atom. The van der Waals surface area contributed by atoms with Gasteiger partial charge in [0.25, 0.3) is 5.91 Å². The molecule has 0 aliphatic heterocycles. The van der Waals surface area contributed by atoms with Crippen molar-refractivity contribution in [3.8, 4) is 11.5 Å².